The van der Waals surface area contributed by atoms with E-state index in [0.29, 0.717) is 16.8 Å². The number of hydrogen-bond acceptors (Lipinski definition) is 3. The van der Waals surface area contributed by atoms with E-state index in [0.717, 1.165) is 11.3 Å². The molecule has 0 aromatic heterocycles. The van der Waals surface area contributed by atoms with Crippen molar-refractivity contribution in [2.45, 2.75) is 31.6 Å². The number of para-hydroxylation sites is 1. The van der Waals surface area contributed by atoms with Crippen LogP contribution in [-0.2, 0) is 10.0 Å². The maximum atomic E-state index is 12.9. The van der Waals surface area contributed by atoms with E-state index in [1.54, 1.807) is 55.5 Å². The number of nitrogens with zero attached hydrogens (tertiary/aromatic N) is 1. The Bertz CT molecular complexity index is 1160. The highest BCUT2D eigenvalue weighted by Gasteiger charge is 2.23. The monoisotopic (exact) mass is 422 g/mol. The number of carbonyl (C=O) groups excluding carboxylic acids is 1. The van der Waals surface area contributed by atoms with E-state index in [-0.39, 0.29) is 16.7 Å². The van der Waals surface area contributed by atoms with E-state index in [1.807, 2.05) is 24.3 Å². The van der Waals surface area contributed by atoms with Crippen molar-refractivity contribution in [2.75, 3.05) is 16.7 Å². The number of hydrogen-bond donors (Lipinski definition) is 1. The second kappa shape index (κ2) is 8.71. The van der Waals surface area contributed by atoms with Crippen LogP contribution in [0.5, 0.6) is 0 Å². The minimum atomic E-state index is -3.68. The average molecular weight is 423 g/mol. The Labute approximate surface area is 178 Å². The van der Waals surface area contributed by atoms with Crippen LogP contribution in [-0.4, -0.2) is 21.4 Å². The highest BCUT2D eigenvalue weighted by molar-refractivity contribution is 7.92. The molecule has 0 saturated carbocycles. The van der Waals surface area contributed by atoms with Gasteiger partial charge in [-0.1, -0.05) is 50.2 Å². The summed E-state index contributed by atoms with van der Waals surface area (Å²) in [6, 6.07) is 21.0. The summed E-state index contributed by atoms with van der Waals surface area (Å²) >= 11 is 0. The standard InChI is InChI=1S/C24H26N2O3S/c1-17(2)21-12-8-9-13-22(21)25-24(27)19-14-15-23(18(3)16-19)26(4)30(28,29)20-10-6-5-7-11-20/h5-17H,1-4H3,(H,25,27). The molecule has 6 heteroatoms. The fraction of sp³-hybridized carbons (Fsp3) is 0.208. The Morgan fingerprint density at radius 2 is 1.57 bits per heavy atom. The van der Waals surface area contributed by atoms with Gasteiger partial charge in [-0.2, -0.15) is 0 Å². The molecule has 0 aliphatic rings. The third kappa shape index (κ3) is 4.39. The summed E-state index contributed by atoms with van der Waals surface area (Å²) in [4.78, 5) is 13.0. The van der Waals surface area contributed by atoms with Crippen LogP contribution in [0.3, 0.4) is 0 Å². The van der Waals surface area contributed by atoms with Gasteiger partial charge in [-0.3, -0.25) is 9.10 Å². The first-order valence-corrected chi connectivity index (χ1v) is 11.2. The van der Waals surface area contributed by atoms with Crippen LogP contribution in [0.1, 0.15) is 41.3 Å². The molecule has 0 spiro atoms. The largest absolute Gasteiger partial charge is 0.322 e. The van der Waals surface area contributed by atoms with Crippen LogP contribution in [0.2, 0.25) is 0 Å². The second-order valence-electron chi connectivity index (χ2n) is 7.48. The first-order chi connectivity index (χ1) is 14.2. The van der Waals surface area contributed by atoms with Crippen molar-refractivity contribution in [1.29, 1.82) is 0 Å². The van der Waals surface area contributed by atoms with Gasteiger partial charge in [-0.15, -0.1) is 0 Å². The Morgan fingerprint density at radius 3 is 2.20 bits per heavy atom. The van der Waals surface area contributed by atoms with Gasteiger partial charge >= 0.3 is 0 Å². The molecule has 0 fully saturated rings. The number of sulfonamides is 1. The van der Waals surface area contributed by atoms with E-state index < -0.39 is 10.0 Å². The Morgan fingerprint density at radius 1 is 0.933 bits per heavy atom. The minimum absolute atomic E-state index is 0.221. The first kappa shape index (κ1) is 21.6. The van der Waals surface area contributed by atoms with E-state index in [1.165, 1.54) is 11.4 Å². The summed E-state index contributed by atoms with van der Waals surface area (Å²) in [6.07, 6.45) is 0. The summed E-state index contributed by atoms with van der Waals surface area (Å²) < 4.78 is 27.0. The SMILES string of the molecule is Cc1cc(C(=O)Nc2ccccc2C(C)C)ccc1N(C)S(=O)(=O)c1ccccc1. The van der Waals surface area contributed by atoms with Crippen molar-refractivity contribution >= 4 is 27.3 Å². The van der Waals surface area contributed by atoms with Crippen LogP contribution < -0.4 is 9.62 Å². The number of nitrogens with one attached hydrogen (secondary N) is 1. The lowest BCUT2D eigenvalue weighted by molar-refractivity contribution is 0.102. The van der Waals surface area contributed by atoms with E-state index in [2.05, 4.69) is 19.2 Å². The van der Waals surface area contributed by atoms with Gasteiger partial charge in [-0.05, 0) is 60.4 Å². The molecule has 0 aliphatic heterocycles. The first-order valence-electron chi connectivity index (χ1n) is 9.76. The van der Waals surface area contributed by atoms with Crippen LogP contribution in [0.25, 0.3) is 0 Å². The number of aryl methyl sites for hydroxylation is 1. The molecule has 0 bridgehead atoms. The molecule has 3 rings (SSSR count). The molecule has 0 heterocycles. The molecule has 5 nitrogen and oxygen atoms in total. The van der Waals surface area contributed by atoms with Gasteiger partial charge in [0.1, 0.15) is 0 Å². The summed E-state index contributed by atoms with van der Waals surface area (Å²) in [6.45, 7) is 5.95. The molecule has 1 N–H and O–H groups in total. The Balaban J connectivity index is 1.86. The van der Waals surface area contributed by atoms with Gasteiger partial charge in [0.15, 0.2) is 0 Å². The molecule has 156 valence electrons. The number of carbonyl (C=O) groups is 1. The quantitative estimate of drug-likeness (QED) is 0.594. The molecule has 3 aromatic rings. The lowest BCUT2D eigenvalue weighted by Gasteiger charge is -2.22. The predicted octanol–water partition coefficient (Wildman–Crippen LogP) is 5.20. The molecule has 3 aromatic carbocycles. The highest BCUT2D eigenvalue weighted by atomic mass is 32.2. The third-order valence-electron chi connectivity index (χ3n) is 5.03. The minimum Gasteiger partial charge on any atom is -0.322 e. The van der Waals surface area contributed by atoms with E-state index in [4.69, 9.17) is 0 Å². The van der Waals surface area contributed by atoms with Gasteiger partial charge in [0.25, 0.3) is 15.9 Å². The molecular weight excluding hydrogens is 396 g/mol. The molecular formula is C24H26N2O3S. The molecule has 1 amide bonds. The van der Waals surface area contributed by atoms with Crippen LogP contribution >= 0.6 is 0 Å². The van der Waals surface area contributed by atoms with Crippen molar-refractivity contribution in [3.63, 3.8) is 0 Å². The fourth-order valence-corrected chi connectivity index (χ4v) is 4.62. The Hall–Kier alpha value is -3.12. The topological polar surface area (TPSA) is 66.5 Å². The molecule has 0 radical (unpaired) electrons. The van der Waals surface area contributed by atoms with Crippen LogP contribution in [0.4, 0.5) is 11.4 Å². The van der Waals surface area contributed by atoms with Crippen molar-refractivity contribution in [2.24, 2.45) is 0 Å². The van der Waals surface area contributed by atoms with Gasteiger partial charge in [0.05, 0.1) is 10.6 Å². The molecule has 0 saturated heterocycles. The number of benzene rings is 3. The zero-order valence-electron chi connectivity index (χ0n) is 17.6. The maximum Gasteiger partial charge on any atom is 0.264 e. The predicted molar refractivity (Wildman–Crippen MR) is 122 cm³/mol. The van der Waals surface area contributed by atoms with E-state index in [9.17, 15) is 13.2 Å². The lowest BCUT2D eigenvalue weighted by Crippen LogP contribution is -2.27. The third-order valence-corrected chi connectivity index (χ3v) is 6.82. The smallest absolute Gasteiger partial charge is 0.264 e. The summed E-state index contributed by atoms with van der Waals surface area (Å²) in [5.41, 5.74) is 3.54. The lowest BCUT2D eigenvalue weighted by atomic mass is 10.0. The van der Waals surface area contributed by atoms with Crippen LogP contribution in [0.15, 0.2) is 77.7 Å². The number of anilines is 2. The maximum absolute atomic E-state index is 12.9. The zero-order valence-corrected chi connectivity index (χ0v) is 18.4. The molecule has 30 heavy (non-hydrogen) atoms. The van der Waals surface area contributed by atoms with Crippen molar-refractivity contribution in [1.82, 2.24) is 0 Å². The highest BCUT2D eigenvalue weighted by Crippen LogP contribution is 2.27. The van der Waals surface area contributed by atoms with Gasteiger partial charge in [0, 0.05) is 18.3 Å². The van der Waals surface area contributed by atoms with Gasteiger partial charge in [-0.25, -0.2) is 8.42 Å². The molecule has 0 atom stereocenters. The Kier molecular flexibility index (Phi) is 6.27. The van der Waals surface area contributed by atoms with E-state index >= 15 is 0 Å². The molecule has 0 unspecified atom stereocenters. The zero-order chi connectivity index (χ0) is 21.9. The number of amides is 1. The summed E-state index contributed by atoms with van der Waals surface area (Å²) in [7, 11) is -2.16. The second-order valence-corrected chi connectivity index (χ2v) is 9.45. The van der Waals surface area contributed by atoms with Gasteiger partial charge < -0.3 is 5.32 Å². The van der Waals surface area contributed by atoms with Crippen molar-refractivity contribution in [3.05, 3.63) is 89.5 Å². The van der Waals surface area contributed by atoms with Gasteiger partial charge in [0.2, 0.25) is 0 Å². The number of rotatable bonds is 6. The fourth-order valence-electron chi connectivity index (χ4n) is 3.34. The van der Waals surface area contributed by atoms with Crippen LogP contribution in [0, 0.1) is 6.92 Å². The van der Waals surface area contributed by atoms with Crippen molar-refractivity contribution < 1.29 is 13.2 Å². The summed E-state index contributed by atoms with van der Waals surface area (Å²) in [5, 5.41) is 2.97. The normalized spacial score (nSPS) is 11.4. The molecule has 0 aliphatic carbocycles. The van der Waals surface area contributed by atoms with Crippen molar-refractivity contribution in [3.8, 4) is 0 Å². The average Bonchev–Trinajstić information content (AvgIpc) is 2.74. The summed E-state index contributed by atoms with van der Waals surface area (Å²) in [5.74, 6) is 0.0498.